The third-order valence-electron chi connectivity index (χ3n) is 2.69. The summed E-state index contributed by atoms with van der Waals surface area (Å²) in [5.74, 6) is -3.09. The van der Waals surface area contributed by atoms with Crippen LogP contribution in [0.25, 0.3) is 0 Å². The molecule has 0 saturated carbocycles. The van der Waals surface area contributed by atoms with Crippen molar-refractivity contribution in [1.29, 1.82) is 0 Å². The van der Waals surface area contributed by atoms with E-state index in [1.165, 1.54) is 0 Å². The van der Waals surface area contributed by atoms with Gasteiger partial charge >= 0.3 is 12.1 Å². The number of carboxylic acids is 1. The molecule has 2 atom stereocenters. The van der Waals surface area contributed by atoms with E-state index in [0.717, 1.165) is 25.0 Å². The van der Waals surface area contributed by atoms with Crippen molar-refractivity contribution >= 4 is 17.7 Å². The monoisotopic (exact) mass is 271 g/mol. The predicted octanol–water partition coefficient (Wildman–Crippen LogP) is 2.12. The molecule has 1 aliphatic heterocycles. The molecule has 0 aromatic rings. The van der Waals surface area contributed by atoms with Crippen LogP contribution in [0.15, 0.2) is 0 Å². The van der Waals surface area contributed by atoms with Crippen LogP contribution in [0.3, 0.4) is 0 Å². The molecule has 2 unspecified atom stereocenters. The van der Waals surface area contributed by atoms with E-state index in [1.54, 1.807) is 11.8 Å². The van der Waals surface area contributed by atoms with Gasteiger partial charge in [0.15, 0.2) is 5.92 Å². The quantitative estimate of drug-likeness (QED) is 0.804. The van der Waals surface area contributed by atoms with Crippen molar-refractivity contribution in [2.75, 3.05) is 18.8 Å². The van der Waals surface area contributed by atoms with Crippen LogP contribution >= 0.6 is 11.8 Å². The minimum absolute atomic E-state index is 0.312. The van der Waals surface area contributed by atoms with Crippen molar-refractivity contribution in [3.05, 3.63) is 0 Å². The number of carbonyl (C=O) groups is 1. The molecular formula is C10H16F3NO2S. The van der Waals surface area contributed by atoms with Gasteiger partial charge in [-0.1, -0.05) is 6.42 Å². The molecule has 0 aromatic heterocycles. The maximum absolute atomic E-state index is 12.3. The fourth-order valence-corrected chi connectivity index (χ4v) is 2.97. The first-order chi connectivity index (χ1) is 7.91. The largest absolute Gasteiger partial charge is 0.481 e. The van der Waals surface area contributed by atoms with Gasteiger partial charge in [0.05, 0.1) is 0 Å². The fraction of sp³-hybridized carbons (Fsp3) is 0.900. The molecule has 2 N–H and O–H groups in total. The van der Waals surface area contributed by atoms with E-state index in [1.807, 2.05) is 0 Å². The fourth-order valence-electron chi connectivity index (χ4n) is 1.70. The summed E-state index contributed by atoms with van der Waals surface area (Å²) in [7, 11) is 0. The molecule has 100 valence electrons. The number of hydrogen-bond acceptors (Lipinski definition) is 3. The second-order valence-corrected chi connectivity index (χ2v) is 5.49. The lowest BCUT2D eigenvalue weighted by Crippen LogP contribution is -2.41. The van der Waals surface area contributed by atoms with Crippen LogP contribution in [0.2, 0.25) is 0 Å². The molecule has 0 aliphatic carbocycles. The van der Waals surface area contributed by atoms with Crippen molar-refractivity contribution in [1.82, 2.24) is 5.32 Å². The average Bonchev–Trinajstić information content (AvgIpc) is 2.23. The normalized spacial score (nSPS) is 23.4. The van der Waals surface area contributed by atoms with E-state index in [4.69, 9.17) is 5.11 Å². The van der Waals surface area contributed by atoms with Gasteiger partial charge < -0.3 is 10.4 Å². The summed E-state index contributed by atoms with van der Waals surface area (Å²) in [6.07, 6.45) is -1.44. The van der Waals surface area contributed by atoms with Crippen LogP contribution in [0.5, 0.6) is 0 Å². The minimum Gasteiger partial charge on any atom is -0.481 e. The maximum Gasteiger partial charge on any atom is 0.403 e. The highest BCUT2D eigenvalue weighted by molar-refractivity contribution is 7.99. The zero-order valence-electron chi connectivity index (χ0n) is 9.29. The minimum atomic E-state index is -4.68. The molecule has 7 heteroatoms. The first-order valence-corrected chi connectivity index (χ1v) is 6.58. The molecule has 0 aromatic carbocycles. The van der Waals surface area contributed by atoms with Crippen LogP contribution in [0.4, 0.5) is 13.2 Å². The molecule has 1 fully saturated rings. The van der Waals surface area contributed by atoms with Gasteiger partial charge in [0.25, 0.3) is 0 Å². The topological polar surface area (TPSA) is 49.3 Å². The highest BCUT2D eigenvalue weighted by Crippen LogP contribution is 2.27. The molecule has 1 rings (SSSR count). The van der Waals surface area contributed by atoms with Crippen LogP contribution in [0, 0.1) is 5.92 Å². The van der Waals surface area contributed by atoms with Gasteiger partial charge in [-0.05, 0) is 18.6 Å². The summed E-state index contributed by atoms with van der Waals surface area (Å²) in [5, 5.41) is 11.4. The van der Waals surface area contributed by atoms with Crippen molar-refractivity contribution < 1.29 is 23.1 Å². The molecule has 17 heavy (non-hydrogen) atoms. The number of thioether (sulfide) groups is 1. The number of nitrogens with one attached hydrogen (secondary N) is 1. The first kappa shape index (κ1) is 14.6. The van der Waals surface area contributed by atoms with Gasteiger partial charge in [-0.15, -0.1) is 0 Å². The SMILES string of the molecule is O=C(O)C(CNCC1CCCCS1)C(F)(F)F. The molecule has 1 saturated heterocycles. The summed E-state index contributed by atoms with van der Waals surface area (Å²) in [4.78, 5) is 10.5. The third kappa shape index (κ3) is 5.16. The summed E-state index contributed by atoms with van der Waals surface area (Å²) in [5.41, 5.74) is 0. The van der Waals surface area contributed by atoms with E-state index in [9.17, 15) is 18.0 Å². The molecule has 1 heterocycles. The second kappa shape index (κ2) is 6.49. The number of rotatable bonds is 5. The summed E-state index contributed by atoms with van der Waals surface area (Å²) in [6.45, 7) is -0.0968. The molecule has 0 amide bonds. The molecule has 0 spiro atoms. The van der Waals surface area contributed by atoms with Crippen LogP contribution in [-0.2, 0) is 4.79 Å². The van der Waals surface area contributed by atoms with Crippen LogP contribution < -0.4 is 5.32 Å². The van der Waals surface area contributed by atoms with Gasteiger partial charge in [0, 0.05) is 18.3 Å². The first-order valence-electron chi connectivity index (χ1n) is 5.53. The Labute approximate surface area is 102 Å². The molecule has 3 nitrogen and oxygen atoms in total. The number of alkyl halides is 3. The standard InChI is InChI=1S/C10H16F3NO2S/c11-10(12,13)8(9(15)16)6-14-5-7-3-1-2-4-17-7/h7-8,14H,1-6H2,(H,15,16). The summed E-state index contributed by atoms with van der Waals surface area (Å²) >= 11 is 1.74. The Hall–Kier alpha value is -0.430. The van der Waals surface area contributed by atoms with Crippen molar-refractivity contribution in [2.24, 2.45) is 5.92 Å². The maximum atomic E-state index is 12.3. The average molecular weight is 271 g/mol. The van der Waals surface area contributed by atoms with Crippen LogP contribution in [0.1, 0.15) is 19.3 Å². The molecule has 0 bridgehead atoms. The smallest absolute Gasteiger partial charge is 0.403 e. The zero-order chi connectivity index (χ0) is 12.9. The third-order valence-corrected chi connectivity index (χ3v) is 4.09. The highest BCUT2D eigenvalue weighted by Gasteiger charge is 2.44. The Bertz CT molecular complexity index is 254. The molecule has 1 aliphatic rings. The van der Waals surface area contributed by atoms with Gasteiger partial charge in [-0.3, -0.25) is 4.79 Å². The van der Waals surface area contributed by atoms with E-state index in [-0.39, 0.29) is 0 Å². The van der Waals surface area contributed by atoms with Crippen molar-refractivity contribution in [3.8, 4) is 0 Å². The van der Waals surface area contributed by atoms with Gasteiger partial charge in [0.1, 0.15) is 0 Å². The summed E-state index contributed by atoms with van der Waals surface area (Å²) in [6, 6.07) is 0. The predicted molar refractivity (Wildman–Crippen MR) is 60.1 cm³/mol. The second-order valence-electron chi connectivity index (χ2n) is 4.08. The van der Waals surface area contributed by atoms with Gasteiger partial charge in [-0.2, -0.15) is 24.9 Å². The zero-order valence-corrected chi connectivity index (χ0v) is 10.1. The Morgan fingerprint density at radius 1 is 1.47 bits per heavy atom. The number of halogens is 3. The van der Waals surface area contributed by atoms with E-state index in [2.05, 4.69) is 5.32 Å². The van der Waals surface area contributed by atoms with Crippen molar-refractivity contribution in [2.45, 2.75) is 30.7 Å². The lowest BCUT2D eigenvalue weighted by atomic mass is 10.1. The Morgan fingerprint density at radius 3 is 2.65 bits per heavy atom. The van der Waals surface area contributed by atoms with E-state index in [0.29, 0.717) is 11.8 Å². The van der Waals surface area contributed by atoms with E-state index < -0.39 is 24.6 Å². The lowest BCUT2D eigenvalue weighted by molar-refractivity contribution is -0.192. The number of hydrogen-bond donors (Lipinski definition) is 2. The van der Waals surface area contributed by atoms with Gasteiger partial charge in [-0.25, -0.2) is 0 Å². The van der Waals surface area contributed by atoms with E-state index >= 15 is 0 Å². The molecular weight excluding hydrogens is 255 g/mol. The van der Waals surface area contributed by atoms with Crippen LogP contribution in [-0.4, -0.2) is 41.3 Å². The van der Waals surface area contributed by atoms with Gasteiger partial charge in [0.2, 0.25) is 0 Å². The molecule has 0 radical (unpaired) electrons. The van der Waals surface area contributed by atoms with Crippen molar-refractivity contribution in [3.63, 3.8) is 0 Å². The summed E-state index contributed by atoms with van der Waals surface area (Å²) < 4.78 is 36.9. The Morgan fingerprint density at radius 2 is 2.18 bits per heavy atom. The number of aliphatic carboxylic acids is 1. The Balaban J connectivity index is 2.29. The highest BCUT2D eigenvalue weighted by atomic mass is 32.2. The number of carboxylic acid groups (broad SMARTS) is 1. The Kier molecular flexibility index (Phi) is 5.58. The lowest BCUT2D eigenvalue weighted by Gasteiger charge is -2.23.